The lowest BCUT2D eigenvalue weighted by Gasteiger charge is -2.36. The predicted molar refractivity (Wildman–Crippen MR) is 147 cm³/mol. The Morgan fingerprint density at radius 1 is 0.576 bits per heavy atom. The Balaban J connectivity index is 4.07. The standard InChI is InChI=1S/C31H62O2/c1-5-9-11-13-15-16-17-18-19-20-21-23-25-27-29(7-3)31(8-4,30(32)33)28-26-24-22-14-12-10-6-2/h29H,5-28H2,1-4H3,(H,32,33). The molecule has 0 fully saturated rings. The molecule has 0 heterocycles. The van der Waals surface area contributed by atoms with E-state index in [-0.39, 0.29) is 0 Å². The van der Waals surface area contributed by atoms with Crippen LogP contribution in [0.25, 0.3) is 0 Å². The first-order valence-electron chi connectivity index (χ1n) is 15.3. The molecule has 2 unspecified atom stereocenters. The van der Waals surface area contributed by atoms with Crippen LogP contribution < -0.4 is 0 Å². The summed E-state index contributed by atoms with van der Waals surface area (Å²) in [6, 6.07) is 0. The molecule has 0 aliphatic carbocycles. The first-order chi connectivity index (χ1) is 16.1. The van der Waals surface area contributed by atoms with Gasteiger partial charge in [0.2, 0.25) is 0 Å². The van der Waals surface area contributed by atoms with Crippen LogP contribution in [0.5, 0.6) is 0 Å². The molecule has 0 aliphatic heterocycles. The molecule has 0 aliphatic rings. The molecule has 0 aromatic rings. The molecule has 0 spiro atoms. The lowest BCUT2D eigenvalue weighted by atomic mass is 9.67. The smallest absolute Gasteiger partial charge is 0.309 e. The van der Waals surface area contributed by atoms with Crippen molar-refractivity contribution in [2.75, 3.05) is 0 Å². The van der Waals surface area contributed by atoms with Gasteiger partial charge in [0, 0.05) is 0 Å². The van der Waals surface area contributed by atoms with Gasteiger partial charge in [0.15, 0.2) is 0 Å². The molecule has 1 N–H and O–H groups in total. The van der Waals surface area contributed by atoms with Crippen LogP contribution in [-0.2, 0) is 4.79 Å². The molecule has 0 radical (unpaired) electrons. The first kappa shape index (κ1) is 32.5. The van der Waals surface area contributed by atoms with Crippen molar-refractivity contribution >= 4 is 5.97 Å². The molecule has 2 atom stereocenters. The molecular formula is C31H62O2. The maximum atomic E-state index is 12.4. The zero-order chi connectivity index (χ0) is 24.6. The summed E-state index contributed by atoms with van der Waals surface area (Å²) in [5.74, 6) is -0.190. The van der Waals surface area contributed by atoms with Crippen molar-refractivity contribution in [3.63, 3.8) is 0 Å². The van der Waals surface area contributed by atoms with Crippen LogP contribution in [0.2, 0.25) is 0 Å². The van der Waals surface area contributed by atoms with Crippen molar-refractivity contribution in [1.29, 1.82) is 0 Å². The Labute approximate surface area is 209 Å². The van der Waals surface area contributed by atoms with E-state index in [2.05, 4.69) is 27.7 Å². The van der Waals surface area contributed by atoms with Crippen molar-refractivity contribution in [3.8, 4) is 0 Å². The zero-order valence-corrected chi connectivity index (χ0v) is 23.4. The number of carboxylic acid groups (broad SMARTS) is 1. The van der Waals surface area contributed by atoms with Crippen LogP contribution in [0.15, 0.2) is 0 Å². The normalized spacial score (nSPS) is 14.3. The maximum Gasteiger partial charge on any atom is 0.309 e. The minimum absolute atomic E-state index is 0.341. The van der Waals surface area contributed by atoms with Crippen molar-refractivity contribution < 1.29 is 9.90 Å². The first-order valence-corrected chi connectivity index (χ1v) is 15.3. The molecule has 198 valence electrons. The number of aliphatic carboxylic acids is 1. The lowest BCUT2D eigenvalue weighted by Crippen LogP contribution is -2.38. The van der Waals surface area contributed by atoms with E-state index < -0.39 is 11.4 Å². The van der Waals surface area contributed by atoms with E-state index in [0.29, 0.717) is 5.92 Å². The van der Waals surface area contributed by atoms with Gasteiger partial charge in [-0.3, -0.25) is 4.79 Å². The van der Waals surface area contributed by atoms with Gasteiger partial charge in [-0.1, -0.05) is 163 Å². The third kappa shape index (κ3) is 15.9. The van der Waals surface area contributed by atoms with E-state index in [1.807, 2.05) is 0 Å². The van der Waals surface area contributed by atoms with E-state index in [4.69, 9.17) is 0 Å². The Bertz CT molecular complexity index is 419. The molecule has 0 aromatic heterocycles. The van der Waals surface area contributed by atoms with Crippen LogP contribution in [0.3, 0.4) is 0 Å². The monoisotopic (exact) mass is 466 g/mol. The van der Waals surface area contributed by atoms with Crippen LogP contribution in [0.1, 0.15) is 182 Å². The molecule has 0 rings (SSSR count). The fraction of sp³-hybridized carbons (Fsp3) is 0.968. The highest BCUT2D eigenvalue weighted by molar-refractivity contribution is 5.75. The third-order valence-corrected chi connectivity index (χ3v) is 8.21. The van der Waals surface area contributed by atoms with E-state index in [9.17, 15) is 9.90 Å². The molecule has 2 nitrogen and oxygen atoms in total. The fourth-order valence-electron chi connectivity index (χ4n) is 5.78. The largest absolute Gasteiger partial charge is 0.481 e. The zero-order valence-electron chi connectivity index (χ0n) is 23.4. The molecule has 0 bridgehead atoms. The number of rotatable bonds is 26. The SMILES string of the molecule is CCCCCCCCCCCCCCCC(CC)C(CC)(CCCCCCCCC)C(=O)O. The van der Waals surface area contributed by atoms with Gasteiger partial charge >= 0.3 is 5.97 Å². The summed E-state index contributed by atoms with van der Waals surface area (Å²) < 4.78 is 0. The van der Waals surface area contributed by atoms with E-state index in [0.717, 1.165) is 32.1 Å². The van der Waals surface area contributed by atoms with Crippen molar-refractivity contribution in [2.45, 2.75) is 182 Å². The Kier molecular flexibility index (Phi) is 22.9. The quantitative estimate of drug-likeness (QED) is 0.129. The second-order valence-corrected chi connectivity index (χ2v) is 10.8. The average Bonchev–Trinajstić information content (AvgIpc) is 2.82. The second kappa shape index (κ2) is 23.2. The summed E-state index contributed by atoms with van der Waals surface area (Å²) in [7, 11) is 0. The van der Waals surface area contributed by atoms with Crippen molar-refractivity contribution in [1.82, 2.24) is 0 Å². The highest BCUT2D eigenvalue weighted by atomic mass is 16.4. The van der Waals surface area contributed by atoms with Gasteiger partial charge in [-0.15, -0.1) is 0 Å². The van der Waals surface area contributed by atoms with E-state index in [1.165, 1.54) is 122 Å². The van der Waals surface area contributed by atoms with Crippen molar-refractivity contribution in [2.24, 2.45) is 11.3 Å². The van der Waals surface area contributed by atoms with Gasteiger partial charge in [-0.25, -0.2) is 0 Å². The van der Waals surface area contributed by atoms with Gasteiger partial charge in [-0.2, -0.15) is 0 Å². The molecule has 0 saturated heterocycles. The summed E-state index contributed by atoms with van der Waals surface area (Å²) in [4.78, 5) is 12.4. The lowest BCUT2D eigenvalue weighted by molar-refractivity contribution is -0.154. The number of carboxylic acids is 1. The predicted octanol–water partition coefficient (Wildman–Crippen LogP) is 11.1. The Hall–Kier alpha value is -0.530. The summed E-state index contributed by atoms with van der Waals surface area (Å²) in [5.41, 5.74) is -0.491. The van der Waals surface area contributed by atoms with Gasteiger partial charge in [0.25, 0.3) is 0 Å². The van der Waals surface area contributed by atoms with E-state index >= 15 is 0 Å². The Morgan fingerprint density at radius 3 is 1.27 bits per heavy atom. The molecular weight excluding hydrogens is 404 g/mol. The van der Waals surface area contributed by atoms with Crippen LogP contribution in [0.4, 0.5) is 0 Å². The van der Waals surface area contributed by atoms with Gasteiger partial charge in [-0.05, 0) is 25.2 Å². The second-order valence-electron chi connectivity index (χ2n) is 10.8. The Morgan fingerprint density at radius 2 is 0.939 bits per heavy atom. The summed E-state index contributed by atoms with van der Waals surface area (Å²) in [6.07, 6.45) is 30.5. The molecule has 0 saturated carbocycles. The van der Waals surface area contributed by atoms with Crippen LogP contribution >= 0.6 is 0 Å². The minimum atomic E-state index is -0.530. The number of hydrogen-bond donors (Lipinski definition) is 1. The summed E-state index contributed by atoms with van der Waals surface area (Å²) in [5, 5.41) is 10.2. The maximum absolute atomic E-state index is 12.4. The van der Waals surface area contributed by atoms with Gasteiger partial charge in [0.1, 0.15) is 0 Å². The van der Waals surface area contributed by atoms with Crippen molar-refractivity contribution in [3.05, 3.63) is 0 Å². The molecule has 0 aromatic carbocycles. The molecule has 0 amide bonds. The summed E-state index contributed by atoms with van der Waals surface area (Å²) in [6.45, 7) is 8.86. The van der Waals surface area contributed by atoms with Gasteiger partial charge < -0.3 is 5.11 Å². The summed E-state index contributed by atoms with van der Waals surface area (Å²) >= 11 is 0. The number of unbranched alkanes of at least 4 members (excludes halogenated alkanes) is 18. The fourth-order valence-corrected chi connectivity index (χ4v) is 5.78. The highest BCUT2D eigenvalue weighted by Crippen LogP contribution is 2.42. The average molecular weight is 467 g/mol. The molecule has 2 heteroatoms. The highest BCUT2D eigenvalue weighted by Gasteiger charge is 2.42. The number of carbonyl (C=O) groups is 1. The van der Waals surface area contributed by atoms with Crippen LogP contribution in [-0.4, -0.2) is 11.1 Å². The van der Waals surface area contributed by atoms with Crippen LogP contribution in [0, 0.1) is 11.3 Å². The molecule has 33 heavy (non-hydrogen) atoms. The number of hydrogen-bond acceptors (Lipinski definition) is 1. The minimum Gasteiger partial charge on any atom is -0.481 e. The van der Waals surface area contributed by atoms with Gasteiger partial charge in [0.05, 0.1) is 5.41 Å². The van der Waals surface area contributed by atoms with E-state index in [1.54, 1.807) is 0 Å². The third-order valence-electron chi connectivity index (χ3n) is 8.21. The topological polar surface area (TPSA) is 37.3 Å².